The van der Waals surface area contributed by atoms with Gasteiger partial charge < -0.3 is 15.4 Å². The molecule has 2 saturated heterocycles. The Hall–Kier alpha value is -1.69. The van der Waals surface area contributed by atoms with Gasteiger partial charge in [-0.3, -0.25) is 0 Å². The van der Waals surface area contributed by atoms with Gasteiger partial charge in [0.25, 0.3) is 0 Å². The predicted octanol–water partition coefficient (Wildman–Crippen LogP) is 2.34. The fourth-order valence-corrected chi connectivity index (χ4v) is 3.11. The van der Waals surface area contributed by atoms with E-state index in [0.29, 0.717) is 18.6 Å². The highest BCUT2D eigenvalue weighted by Gasteiger charge is 2.41. The molecule has 2 aliphatic heterocycles. The summed E-state index contributed by atoms with van der Waals surface area (Å²) in [6, 6.07) is 3.67. The zero-order valence-electron chi connectivity index (χ0n) is 12.6. The number of benzene rings is 1. The van der Waals surface area contributed by atoms with Crippen molar-refractivity contribution in [3.8, 4) is 0 Å². The molecule has 0 spiro atoms. The maximum absolute atomic E-state index is 13.6. The molecule has 2 aliphatic rings. The normalized spacial score (nSPS) is 27.2. The van der Waals surface area contributed by atoms with Gasteiger partial charge in [-0.2, -0.15) is 0 Å². The summed E-state index contributed by atoms with van der Waals surface area (Å²) in [5, 5.41) is 6.49. The largest absolute Gasteiger partial charge is 0.373 e. The van der Waals surface area contributed by atoms with Crippen molar-refractivity contribution in [1.82, 2.24) is 10.6 Å². The molecule has 0 aliphatic carbocycles. The zero-order valence-corrected chi connectivity index (χ0v) is 12.6. The first-order valence-electron chi connectivity index (χ1n) is 7.80. The van der Waals surface area contributed by atoms with Crippen LogP contribution in [0.15, 0.2) is 23.2 Å². The van der Waals surface area contributed by atoms with Crippen molar-refractivity contribution >= 4 is 5.96 Å². The second-order valence-electron chi connectivity index (χ2n) is 5.79. The Balaban J connectivity index is 1.66. The molecular weight excluding hydrogens is 288 g/mol. The number of fused-ring (bicyclic) bond motifs is 2. The number of aliphatic imine (C=N–C) groups is 1. The van der Waals surface area contributed by atoms with E-state index in [4.69, 9.17) is 4.74 Å². The molecule has 22 heavy (non-hydrogen) atoms. The molecule has 2 bridgehead atoms. The van der Waals surface area contributed by atoms with E-state index in [1.165, 1.54) is 6.07 Å². The highest BCUT2D eigenvalue weighted by atomic mass is 19.1. The first-order valence-corrected chi connectivity index (χ1v) is 7.80. The standard InChI is InChI=1S/C16H21F2N3O/c1-2-19-16(21-14-8-12-4-6-15(14)22-12)20-9-10-7-11(17)3-5-13(10)18/h3,5,7,12,14-15H,2,4,6,8-9H2,1H3,(H2,19,20,21). The molecule has 0 radical (unpaired) electrons. The molecule has 1 aromatic rings. The first-order chi connectivity index (χ1) is 10.7. The third kappa shape index (κ3) is 3.38. The van der Waals surface area contributed by atoms with Crippen LogP contribution in [0.1, 0.15) is 31.7 Å². The lowest BCUT2D eigenvalue weighted by molar-refractivity contribution is 0.0992. The van der Waals surface area contributed by atoms with Gasteiger partial charge in [-0.25, -0.2) is 13.8 Å². The minimum Gasteiger partial charge on any atom is -0.373 e. The smallest absolute Gasteiger partial charge is 0.191 e. The van der Waals surface area contributed by atoms with Crippen LogP contribution in [0.4, 0.5) is 8.78 Å². The molecule has 2 N–H and O–H groups in total. The second-order valence-corrected chi connectivity index (χ2v) is 5.79. The van der Waals surface area contributed by atoms with Crippen LogP contribution in [-0.2, 0) is 11.3 Å². The van der Waals surface area contributed by atoms with Crippen LogP contribution in [0.3, 0.4) is 0 Å². The van der Waals surface area contributed by atoms with E-state index in [-0.39, 0.29) is 24.3 Å². The maximum atomic E-state index is 13.6. The van der Waals surface area contributed by atoms with Crippen molar-refractivity contribution in [2.24, 2.45) is 4.99 Å². The van der Waals surface area contributed by atoms with E-state index in [0.717, 1.165) is 31.4 Å². The lowest BCUT2D eigenvalue weighted by atomic mass is 9.96. The van der Waals surface area contributed by atoms with Crippen LogP contribution in [0.5, 0.6) is 0 Å². The van der Waals surface area contributed by atoms with Crippen LogP contribution >= 0.6 is 0 Å². The van der Waals surface area contributed by atoms with Crippen molar-refractivity contribution in [2.45, 2.75) is 51.0 Å². The average Bonchev–Trinajstić information content (AvgIpc) is 3.11. The predicted molar refractivity (Wildman–Crippen MR) is 80.6 cm³/mol. The molecule has 3 rings (SSSR count). The quantitative estimate of drug-likeness (QED) is 0.663. The SMILES string of the molecule is CCNC(=NCc1cc(F)ccc1F)NC1CC2CCC1O2. The van der Waals surface area contributed by atoms with Gasteiger partial charge in [0.15, 0.2) is 5.96 Å². The van der Waals surface area contributed by atoms with Gasteiger partial charge in [0.2, 0.25) is 0 Å². The van der Waals surface area contributed by atoms with Gasteiger partial charge in [0.1, 0.15) is 11.6 Å². The van der Waals surface area contributed by atoms with E-state index >= 15 is 0 Å². The fourth-order valence-electron chi connectivity index (χ4n) is 3.11. The van der Waals surface area contributed by atoms with Crippen molar-refractivity contribution in [2.75, 3.05) is 6.54 Å². The van der Waals surface area contributed by atoms with Crippen molar-refractivity contribution in [3.05, 3.63) is 35.4 Å². The monoisotopic (exact) mass is 309 g/mol. The average molecular weight is 309 g/mol. The van der Waals surface area contributed by atoms with Crippen molar-refractivity contribution in [3.63, 3.8) is 0 Å². The lowest BCUT2D eigenvalue weighted by Crippen LogP contribution is -2.47. The van der Waals surface area contributed by atoms with Crippen molar-refractivity contribution in [1.29, 1.82) is 0 Å². The third-order valence-corrected chi connectivity index (χ3v) is 4.19. The second kappa shape index (κ2) is 6.60. The van der Waals surface area contributed by atoms with Gasteiger partial charge in [-0.1, -0.05) is 0 Å². The lowest BCUT2D eigenvalue weighted by Gasteiger charge is -2.22. The zero-order chi connectivity index (χ0) is 15.5. The number of halogens is 2. The summed E-state index contributed by atoms with van der Waals surface area (Å²) in [5.41, 5.74) is 0.251. The number of rotatable bonds is 4. The number of hydrogen-bond acceptors (Lipinski definition) is 2. The van der Waals surface area contributed by atoms with Crippen LogP contribution in [0, 0.1) is 11.6 Å². The molecular formula is C16H21F2N3O. The maximum Gasteiger partial charge on any atom is 0.191 e. The summed E-state index contributed by atoms with van der Waals surface area (Å²) < 4.78 is 32.6. The summed E-state index contributed by atoms with van der Waals surface area (Å²) in [6.45, 7) is 2.77. The Labute approximate surface area is 129 Å². The molecule has 120 valence electrons. The molecule has 2 heterocycles. The third-order valence-electron chi connectivity index (χ3n) is 4.19. The summed E-state index contributed by atoms with van der Waals surface area (Å²) in [7, 11) is 0. The van der Waals surface area contributed by atoms with Crippen LogP contribution in [0.25, 0.3) is 0 Å². The molecule has 0 saturated carbocycles. The number of hydrogen-bond donors (Lipinski definition) is 2. The van der Waals surface area contributed by atoms with Gasteiger partial charge in [0.05, 0.1) is 24.8 Å². The van der Waals surface area contributed by atoms with Crippen molar-refractivity contribution < 1.29 is 13.5 Å². The van der Waals surface area contributed by atoms with Gasteiger partial charge >= 0.3 is 0 Å². The molecule has 4 nitrogen and oxygen atoms in total. The Morgan fingerprint density at radius 2 is 2.23 bits per heavy atom. The Bertz CT molecular complexity index is 564. The molecule has 0 aromatic heterocycles. The molecule has 0 amide bonds. The van der Waals surface area contributed by atoms with E-state index in [1.54, 1.807) is 0 Å². The molecule has 1 aromatic carbocycles. The highest BCUT2D eigenvalue weighted by Crippen LogP contribution is 2.34. The van der Waals surface area contributed by atoms with Gasteiger partial charge in [-0.05, 0) is 44.4 Å². The Morgan fingerprint density at radius 1 is 1.36 bits per heavy atom. The molecule has 2 fully saturated rings. The number of guanidine groups is 1. The molecule has 3 unspecified atom stereocenters. The van der Waals surface area contributed by atoms with E-state index in [9.17, 15) is 8.78 Å². The van der Waals surface area contributed by atoms with Crippen LogP contribution < -0.4 is 10.6 Å². The highest BCUT2D eigenvalue weighted by molar-refractivity contribution is 5.80. The number of nitrogens with one attached hydrogen (secondary N) is 2. The van der Waals surface area contributed by atoms with Crippen LogP contribution in [-0.4, -0.2) is 30.8 Å². The number of ether oxygens (including phenoxy) is 1. The van der Waals surface area contributed by atoms with Gasteiger partial charge in [-0.15, -0.1) is 0 Å². The summed E-state index contributed by atoms with van der Waals surface area (Å²) >= 11 is 0. The Morgan fingerprint density at radius 3 is 2.91 bits per heavy atom. The fraction of sp³-hybridized carbons (Fsp3) is 0.562. The molecule has 6 heteroatoms. The minimum atomic E-state index is -0.453. The minimum absolute atomic E-state index is 0.0978. The van der Waals surface area contributed by atoms with E-state index in [1.807, 2.05) is 6.92 Å². The van der Waals surface area contributed by atoms with Crippen LogP contribution in [0.2, 0.25) is 0 Å². The first kappa shape index (κ1) is 15.2. The van der Waals surface area contributed by atoms with E-state index < -0.39 is 11.6 Å². The van der Waals surface area contributed by atoms with E-state index in [2.05, 4.69) is 15.6 Å². The number of nitrogens with zero attached hydrogens (tertiary/aromatic N) is 1. The summed E-state index contributed by atoms with van der Waals surface area (Å²) in [5.74, 6) is -0.275. The summed E-state index contributed by atoms with van der Waals surface area (Å²) in [4.78, 5) is 4.36. The van der Waals surface area contributed by atoms with Gasteiger partial charge in [0, 0.05) is 12.1 Å². The molecule has 3 atom stereocenters. The topological polar surface area (TPSA) is 45.7 Å². The Kier molecular flexibility index (Phi) is 4.57. The summed E-state index contributed by atoms with van der Waals surface area (Å²) in [6.07, 6.45) is 3.76.